The Bertz CT molecular complexity index is 442. The summed E-state index contributed by atoms with van der Waals surface area (Å²) in [5, 5.41) is 7.69. The highest BCUT2D eigenvalue weighted by Gasteiger charge is 2.04. The Labute approximate surface area is 84.0 Å². The van der Waals surface area contributed by atoms with Gasteiger partial charge in [-0.2, -0.15) is 4.39 Å². The summed E-state index contributed by atoms with van der Waals surface area (Å²) in [7, 11) is 0. The van der Waals surface area contributed by atoms with Gasteiger partial charge in [-0.15, -0.1) is 5.10 Å². The van der Waals surface area contributed by atoms with Gasteiger partial charge in [0.25, 0.3) is 0 Å². The molecule has 6 heteroatoms. The number of halogens is 1. The van der Waals surface area contributed by atoms with E-state index in [9.17, 15) is 4.39 Å². The molecule has 0 spiro atoms. The van der Waals surface area contributed by atoms with Gasteiger partial charge in [0.1, 0.15) is 10.9 Å². The lowest BCUT2D eigenvalue weighted by Crippen LogP contribution is -1.84. The summed E-state index contributed by atoms with van der Waals surface area (Å²) in [6.07, 6.45) is 0. The van der Waals surface area contributed by atoms with E-state index < -0.39 is 5.95 Å². The molecule has 14 heavy (non-hydrogen) atoms. The van der Waals surface area contributed by atoms with Crippen LogP contribution in [-0.4, -0.2) is 20.2 Å². The highest BCUT2D eigenvalue weighted by atomic mass is 32.2. The van der Waals surface area contributed by atoms with Crippen molar-refractivity contribution in [3.8, 4) is 0 Å². The van der Waals surface area contributed by atoms with Crippen LogP contribution >= 0.6 is 11.8 Å². The molecule has 0 radical (unpaired) electrons. The molecule has 0 saturated heterocycles. The summed E-state index contributed by atoms with van der Waals surface area (Å²) < 4.78 is 12.7. The zero-order valence-electron chi connectivity index (χ0n) is 7.36. The molecular formula is C8H7FN4S. The molecule has 0 aliphatic carbocycles. The molecule has 0 amide bonds. The first-order valence-corrected chi connectivity index (χ1v) is 4.75. The first-order chi connectivity index (χ1) is 6.74. The third-order valence-corrected chi connectivity index (χ3v) is 2.26. The minimum atomic E-state index is -0.498. The Balaban J connectivity index is 2.18. The standard InChI is InChI=1S/C8H7FN4S/c1-5-10-8(13-12-5)14-7-4-2-3-6(9)11-7/h2-4H,1H3,(H,10,12,13). The molecule has 2 rings (SSSR count). The van der Waals surface area contributed by atoms with Crippen molar-refractivity contribution in [2.24, 2.45) is 0 Å². The molecule has 72 valence electrons. The minimum absolute atomic E-state index is 0.498. The predicted octanol–water partition coefficient (Wildman–Crippen LogP) is 1.80. The molecular weight excluding hydrogens is 203 g/mol. The van der Waals surface area contributed by atoms with Crippen molar-refractivity contribution in [1.82, 2.24) is 20.2 Å². The van der Waals surface area contributed by atoms with Crippen molar-refractivity contribution in [3.05, 3.63) is 30.0 Å². The Morgan fingerprint density at radius 3 is 2.86 bits per heavy atom. The molecule has 4 nitrogen and oxygen atoms in total. The number of aryl methyl sites for hydroxylation is 1. The average molecular weight is 210 g/mol. The van der Waals surface area contributed by atoms with Crippen LogP contribution in [0.4, 0.5) is 4.39 Å². The Morgan fingerprint density at radius 2 is 2.21 bits per heavy atom. The van der Waals surface area contributed by atoms with E-state index in [2.05, 4.69) is 20.2 Å². The maximum atomic E-state index is 12.7. The zero-order chi connectivity index (χ0) is 9.97. The second kappa shape index (κ2) is 3.75. The quantitative estimate of drug-likeness (QED) is 0.768. The lowest BCUT2D eigenvalue weighted by atomic mass is 10.5. The fourth-order valence-corrected chi connectivity index (χ4v) is 1.65. The van der Waals surface area contributed by atoms with Crippen LogP contribution in [0.3, 0.4) is 0 Å². The lowest BCUT2D eigenvalue weighted by molar-refractivity contribution is 0.572. The minimum Gasteiger partial charge on any atom is -0.262 e. The Kier molecular flexibility index (Phi) is 2.45. The number of nitrogens with one attached hydrogen (secondary N) is 1. The molecule has 2 aromatic heterocycles. The maximum absolute atomic E-state index is 12.7. The highest BCUT2D eigenvalue weighted by molar-refractivity contribution is 7.99. The molecule has 2 aromatic rings. The summed E-state index contributed by atoms with van der Waals surface area (Å²) in [4.78, 5) is 7.75. The molecule has 0 aliphatic heterocycles. The molecule has 0 saturated carbocycles. The lowest BCUT2D eigenvalue weighted by Gasteiger charge is -1.94. The van der Waals surface area contributed by atoms with Crippen LogP contribution in [0, 0.1) is 12.9 Å². The van der Waals surface area contributed by atoms with Gasteiger partial charge in [-0.05, 0) is 30.8 Å². The number of nitrogens with zero attached hydrogens (tertiary/aromatic N) is 3. The van der Waals surface area contributed by atoms with Crippen molar-refractivity contribution in [2.45, 2.75) is 17.1 Å². The summed E-state index contributed by atoms with van der Waals surface area (Å²) in [5.41, 5.74) is 0. The number of pyridine rings is 1. The summed E-state index contributed by atoms with van der Waals surface area (Å²) in [6.45, 7) is 1.80. The van der Waals surface area contributed by atoms with Crippen molar-refractivity contribution in [3.63, 3.8) is 0 Å². The average Bonchev–Trinajstić information content (AvgIpc) is 2.51. The maximum Gasteiger partial charge on any atom is 0.214 e. The van der Waals surface area contributed by atoms with Crippen LogP contribution in [0.2, 0.25) is 0 Å². The second-order valence-electron chi connectivity index (χ2n) is 2.60. The van der Waals surface area contributed by atoms with E-state index in [1.54, 1.807) is 19.1 Å². The van der Waals surface area contributed by atoms with Gasteiger partial charge in [0.2, 0.25) is 11.1 Å². The van der Waals surface area contributed by atoms with Crippen LogP contribution < -0.4 is 0 Å². The second-order valence-corrected chi connectivity index (χ2v) is 3.59. The largest absolute Gasteiger partial charge is 0.262 e. The SMILES string of the molecule is Cc1nc(Sc2cccc(F)n2)n[nH]1. The summed E-state index contributed by atoms with van der Waals surface area (Å²) >= 11 is 1.22. The number of rotatable bonds is 2. The molecule has 0 fully saturated rings. The molecule has 0 aliphatic rings. The van der Waals surface area contributed by atoms with Gasteiger partial charge in [-0.25, -0.2) is 9.97 Å². The van der Waals surface area contributed by atoms with Gasteiger partial charge in [-0.1, -0.05) is 6.07 Å². The number of aromatic nitrogens is 4. The number of aromatic amines is 1. The van der Waals surface area contributed by atoms with Gasteiger partial charge >= 0.3 is 0 Å². The van der Waals surface area contributed by atoms with Crippen molar-refractivity contribution in [2.75, 3.05) is 0 Å². The molecule has 0 bridgehead atoms. The van der Waals surface area contributed by atoms with E-state index in [4.69, 9.17) is 0 Å². The van der Waals surface area contributed by atoms with Gasteiger partial charge in [0.15, 0.2) is 0 Å². The third kappa shape index (κ3) is 2.08. The van der Waals surface area contributed by atoms with E-state index in [0.717, 1.165) is 5.82 Å². The fourth-order valence-electron chi connectivity index (χ4n) is 0.908. The molecule has 1 N–H and O–H groups in total. The highest BCUT2D eigenvalue weighted by Crippen LogP contribution is 2.21. The van der Waals surface area contributed by atoms with E-state index >= 15 is 0 Å². The van der Waals surface area contributed by atoms with Crippen LogP contribution in [0.15, 0.2) is 28.4 Å². The van der Waals surface area contributed by atoms with Crippen LogP contribution in [-0.2, 0) is 0 Å². The molecule has 0 aromatic carbocycles. The van der Waals surface area contributed by atoms with E-state index in [1.165, 1.54) is 17.8 Å². The van der Waals surface area contributed by atoms with Crippen LogP contribution in [0.5, 0.6) is 0 Å². The van der Waals surface area contributed by atoms with E-state index in [0.29, 0.717) is 10.2 Å². The van der Waals surface area contributed by atoms with Gasteiger partial charge < -0.3 is 0 Å². The van der Waals surface area contributed by atoms with Crippen molar-refractivity contribution >= 4 is 11.8 Å². The Hall–Kier alpha value is -1.43. The predicted molar refractivity (Wildman–Crippen MR) is 49.4 cm³/mol. The Morgan fingerprint density at radius 1 is 1.36 bits per heavy atom. The first kappa shape index (κ1) is 9.14. The van der Waals surface area contributed by atoms with Gasteiger partial charge in [0.05, 0.1) is 0 Å². The zero-order valence-corrected chi connectivity index (χ0v) is 8.18. The van der Waals surface area contributed by atoms with E-state index in [1.807, 2.05) is 0 Å². The summed E-state index contributed by atoms with van der Waals surface area (Å²) in [5.74, 6) is 0.228. The molecule has 0 unspecified atom stereocenters. The van der Waals surface area contributed by atoms with Crippen LogP contribution in [0.25, 0.3) is 0 Å². The number of H-pyrrole nitrogens is 1. The first-order valence-electron chi connectivity index (χ1n) is 3.93. The van der Waals surface area contributed by atoms with E-state index in [-0.39, 0.29) is 0 Å². The number of hydrogen-bond acceptors (Lipinski definition) is 4. The van der Waals surface area contributed by atoms with Gasteiger partial charge in [0, 0.05) is 0 Å². The van der Waals surface area contributed by atoms with Gasteiger partial charge in [-0.3, -0.25) is 5.10 Å². The molecule has 0 atom stereocenters. The van der Waals surface area contributed by atoms with Crippen LogP contribution in [0.1, 0.15) is 5.82 Å². The molecule has 2 heterocycles. The monoisotopic (exact) mass is 210 g/mol. The normalized spacial score (nSPS) is 10.4. The van der Waals surface area contributed by atoms with Crippen molar-refractivity contribution < 1.29 is 4.39 Å². The van der Waals surface area contributed by atoms with Crippen molar-refractivity contribution in [1.29, 1.82) is 0 Å². The topological polar surface area (TPSA) is 54.5 Å². The number of hydrogen-bond donors (Lipinski definition) is 1. The smallest absolute Gasteiger partial charge is 0.214 e. The third-order valence-electron chi connectivity index (χ3n) is 1.46. The fraction of sp³-hybridized carbons (Fsp3) is 0.125. The summed E-state index contributed by atoms with van der Waals surface area (Å²) in [6, 6.07) is 4.61.